The number of nitrogens with two attached hydrogens (primary N) is 1. The van der Waals surface area contributed by atoms with E-state index in [0.717, 1.165) is 0 Å². The fourth-order valence-electron chi connectivity index (χ4n) is 7.78. The number of ketones is 2. The molecule has 1 aromatic carbocycles. The van der Waals surface area contributed by atoms with Gasteiger partial charge >= 0.3 is 0 Å². The van der Waals surface area contributed by atoms with Gasteiger partial charge in [-0.25, -0.2) is 0 Å². The molecule has 8 heteroatoms. The van der Waals surface area contributed by atoms with E-state index < -0.39 is 63.9 Å². The summed E-state index contributed by atoms with van der Waals surface area (Å²) in [6.45, 7) is 8.73. The van der Waals surface area contributed by atoms with Gasteiger partial charge in [0.25, 0.3) is 0 Å². The molecule has 6 N–H and O–H groups in total. The molecule has 3 aliphatic rings. The molecule has 1 amide bonds. The van der Waals surface area contributed by atoms with E-state index in [1.807, 2.05) is 20.8 Å². The van der Waals surface area contributed by atoms with Crippen LogP contribution in [0.25, 0.3) is 0 Å². The molecule has 2 saturated carbocycles. The molecule has 2 unspecified atom stereocenters. The van der Waals surface area contributed by atoms with Crippen molar-refractivity contribution in [1.29, 1.82) is 0 Å². The molecule has 0 aromatic heterocycles. The second-order valence-corrected chi connectivity index (χ2v) is 11.3. The molecule has 2 fully saturated rings. The predicted octanol–water partition coefficient (Wildman–Crippen LogP) is 0.944. The number of rotatable bonds is 2. The van der Waals surface area contributed by atoms with Crippen LogP contribution in [0.15, 0.2) is 12.1 Å². The number of Topliss-reactive ketones (excluding diaryl/α,β-unsaturated/α-hetero) is 2. The van der Waals surface area contributed by atoms with E-state index in [9.17, 15) is 34.8 Å². The van der Waals surface area contributed by atoms with Gasteiger partial charge in [-0.1, -0.05) is 33.6 Å². The summed E-state index contributed by atoms with van der Waals surface area (Å²) in [5.41, 5.74) is 1.82. The maximum atomic E-state index is 13.8. The molecule has 0 bridgehead atoms. The minimum absolute atomic E-state index is 0.0223. The van der Waals surface area contributed by atoms with Crippen molar-refractivity contribution in [3.05, 3.63) is 28.8 Å². The minimum atomic E-state index is -2.51. The van der Waals surface area contributed by atoms with Gasteiger partial charge in [0, 0.05) is 11.0 Å². The highest BCUT2D eigenvalue weighted by Gasteiger charge is 2.75. The molecule has 8 nitrogen and oxygen atoms in total. The summed E-state index contributed by atoms with van der Waals surface area (Å²) in [6.07, 6.45) is -2.96. The van der Waals surface area contributed by atoms with Crippen molar-refractivity contribution < 1.29 is 34.8 Å². The Morgan fingerprint density at radius 3 is 2.37 bits per heavy atom. The second-order valence-electron chi connectivity index (χ2n) is 11.3. The van der Waals surface area contributed by atoms with Crippen molar-refractivity contribution in [3.63, 3.8) is 0 Å². The lowest BCUT2D eigenvalue weighted by atomic mass is 9.39. The lowest BCUT2D eigenvalue weighted by Crippen LogP contribution is -2.79. The van der Waals surface area contributed by atoms with Gasteiger partial charge in [-0.05, 0) is 54.7 Å². The van der Waals surface area contributed by atoms with Crippen LogP contribution in [-0.4, -0.2) is 55.7 Å². The first-order valence-electron chi connectivity index (χ1n) is 11.9. The maximum absolute atomic E-state index is 13.8. The average Bonchev–Trinajstić information content (AvgIpc) is 2.72. The normalized spacial score (nSPS) is 40.3. The van der Waals surface area contributed by atoms with Crippen LogP contribution in [0.5, 0.6) is 5.75 Å². The summed E-state index contributed by atoms with van der Waals surface area (Å²) >= 11 is 0. The van der Waals surface area contributed by atoms with Crippen LogP contribution >= 0.6 is 0 Å². The Morgan fingerprint density at radius 1 is 1.20 bits per heavy atom. The fourth-order valence-corrected chi connectivity index (χ4v) is 7.78. The summed E-state index contributed by atoms with van der Waals surface area (Å²) in [4.78, 5) is 39.7. The van der Waals surface area contributed by atoms with Crippen molar-refractivity contribution >= 4 is 17.5 Å². The summed E-state index contributed by atoms with van der Waals surface area (Å²) < 4.78 is 0. The zero-order chi connectivity index (χ0) is 26.2. The molecular formula is C27H33NO7. The van der Waals surface area contributed by atoms with Gasteiger partial charge in [-0.2, -0.15) is 0 Å². The van der Waals surface area contributed by atoms with Crippen LogP contribution in [0.4, 0.5) is 0 Å². The zero-order valence-corrected chi connectivity index (χ0v) is 20.6. The predicted molar refractivity (Wildman–Crippen MR) is 126 cm³/mol. The van der Waals surface area contributed by atoms with E-state index in [0.29, 0.717) is 11.1 Å². The highest BCUT2D eigenvalue weighted by molar-refractivity contribution is 6.09. The highest BCUT2D eigenvalue weighted by Crippen LogP contribution is 2.65. The first-order valence-corrected chi connectivity index (χ1v) is 11.9. The number of aliphatic hydroxyl groups excluding tert-OH is 2. The minimum Gasteiger partial charge on any atom is -0.507 e. The summed E-state index contributed by atoms with van der Waals surface area (Å²) in [6, 6.07) is 3.01. The molecule has 0 radical (unpaired) electrons. The lowest BCUT2D eigenvalue weighted by Gasteiger charge is -2.66. The molecule has 35 heavy (non-hydrogen) atoms. The monoisotopic (exact) mass is 483 g/mol. The standard InChI is InChI=1S/C27H33NO7/c1-6-7-13-8-9-15(29)16-14(13)10-25(4)11-26(5)18(12(2)3)21(31)17(24(28)34)22(32)27(26,35)23(33)19(25)20(16)30/h8-9,12,17-19,21,23,29,31,33,35H,10-11H2,1-5H3,(H2,28,34)/t17-,18+,19-,21?,23?,25-,26-,27+/m1/s1. The van der Waals surface area contributed by atoms with E-state index in [4.69, 9.17) is 5.73 Å². The Balaban J connectivity index is 1.98. The first-order chi connectivity index (χ1) is 16.2. The van der Waals surface area contributed by atoms with Gasteiger partial charge in [0.1, 0.15) is 17.8 Å². The van der Waals surface area contributed by atoms with E-state index >= 15 is 0 Å². The number of benzene rings is 1. The van der Waals surface area contributed by atoms with Crippen LogP contribution in [0.3, 0.4) is 0 Å². The molecule has 188 valence electrons. The number of fused-ring (bicyclic) bond motifs is 3. The van der Waals surface area contributed by atoms with Crippen molar-refractivity contribution in [3.8, 4) is 17.6 Å². The Morgan fingerprint density at radius 2 is 1.83 bits per heavy atom. The van der Waals surface area contributed by atoms with Gasteiger partial charge in [-0.15, -0.1) is 5.92 Å². The number of hydrogen-bond donors (Lipinski definition) is 5. The second kappa shape index (κ2) is 7.89. The molecule has 0 heterocycles. The Kier molecular flexibility index (Phi) is 5.72. The molecule has 1 aromatic rings. The quantitative estimate of drug-likeness (QED) is 0.309. The Labute approximate surface area is 204 Å². The molecule has 4 rings (SSSR count). The number of amides is 1. The van der Waals surface area contributed by atoms with E-state index in [1.54, 1.807) is 19.9 Å². The van der Waals surface area contributed by atoms with Crippen LogP contribution in [-0.2, 0) is 16.0 Å². The van der Waals surface area contributed by atoms with Crippen molar-refractivity contribution in [2.75, 3.05) is 0 Å². The van der Waals surface area contributed by atoms with Gasteiger partial charge in [0.05, 0.1) is 17.6 Å². The number of phenols is 1. The lowest BCUT2D eigenvalue weighted by molar-refractivity contribution is -0.265. The van der Waals surface area contributed by atoms with Crippen molar-refractivity contribution in [2.45, 2.75) is 65.3 Å². The molecule has 8 atom stereocenters. The summed E-state index contributed by atoms with van der Waals surface area (Å²) in [7, 11) is 0. The number of carbonyl (C=O) groups excluding carboxylic acids is 3. The van der Waals surface area contributed by atoms with Gasteiger partial charge in [0.15, 0.2) is 17.2 Å². The smallest absolute Gasteiger partial charge is 0.230 e. The van der Waals surface area contributed by atoms with Crippen molar-refractivity contribution in [2.24, 2.45) is 40.2 Å². The number of hydrogen-bond acceptors (Lipinski definition) is 7. The van der Waals surface area contributed by atoms with E-state index in [2.05, 4.69) is 11.8 Å². The first kappa shape index (κ1) is 25.4. The fraction of sp³-hybridized carbons (Fsp3) is 0.593. The SMILES string of the molecule is CC#Cc1ccc(O)c2c1C[C@]1(C)C[C@]3(C)[C@@H](C(C)C)C(O)[C@@H](C(N)=O)C(=O)[C@]3(O)C(O)[C@H]1C2=O. The van der Waals surface area contributed by atoms with Crippen LogP contribution in [0.2, 0.25) is 0 Å². The van der Waals surface area contributed by atoms with Crippen molar-refractivity contribution in [1.82, 2.24) is 0 Å². The molecule has 0 saturated heterocycles. The number of carbonyl (C=O) groups is 3. The third-order valence-corrected chi connectivity index (χ3v) is 8.92. The average molecular weight is 484 g/mol. The maximum Gasteiger partial charge on any atom is 0.230 e. The Hall–Kier alpha value is -2.73. The van der Waals surface area contributed by atoms with Gasteiger partial charge in [-0.3, -0.25) is 14.4 Å². The zero-order valence-electron chi connectivity index (χ0n) is 20.6. The van der Waals surface area contributed by atoms with E-state index in [1.165, 1.54) is 6.07 Å². The Bertz CT molecular complexity index is 1200. The van der Waals surface area contributed by atoms with Crippen LogP contribution < -0.4 is 5.73 Å². The number of aromatic hydroxyl groups is 1. The molecule has 0 aliphatic heterocycles. The van der Waals surface area contributed by atoms with E-state index in [-0.39, 0.29) is 30.1 Å². The highest BCUT2D eigenvalue weighted by atomic mass is 16.4. The molecular weight excluding hydrogens is 450 g/mol. The molecule has 0 spiro atoms. The topological polar surface area (TPSA) is 158 Å². The largest absolute Gasteiger partial charge is 0.507 e. The number of phenolic OH excluding ortho intramolecular Hbond substituents is 1. The third kappa shape index (κ3) is 3.08. The molecule has 3 aliphatic carbocycles. The van der Waals surface area contributed by atoms with Crippen LogP contribution in [0, 0.1) is 46.3 Å². The van der Waals surface area contributed by atoms with Crippen LogP contribution in [0.1, 0.15) is 62.5 Å². The number of aliphatic hydroxyl groups is 3. The third-order valence-electron chi connectivity index (χ3n) is 8.92. The summed E-state index contributed by atoms with van der Waals surface area (Å²) in [5, 5.41) is 45.4. The van der Waals surface area contributed by atoms with Gasteiger partial charge in [0.2, 0.25) is 5.91 Å². The van der Waals surface area contributed by atoms with Gasteiger partial charge < -0.3 is 26.2 Å². The number of primary amides is 1. The summed E-state index contributed by atoms with van der Waals surface area (Å²) in [5.74, 6) is -1.25.